The second kappa shape index (κ2) is 6.15. The van der Waals surface area contributed by atoms with Crippen molar-refractivity contribution in [1.82, 2.24) is 10.2 Å². The van der Waals surface area contributed by atoms with E-state index < -0.39 is 0 Å². The van der Waals surface area contributed by atoms with Gasteiger partial charge in [-0.1, -0.05) is 25.0 Å². The van der Waals surface area contributed by atoms with Crippen LogP contribution in [0.4, 0.5) is 0 Å². The van der Waals surface area contributed by atoms with Gasteiger partial charge in [-0.3, -0.25) is 4.90 Å². The molecule has 1 heterocycles. The van der Waals surface area contributed by atoms with Crippen molar-refractivity contribution < 1.29 is 4.74 Å². The average molecular weight is 274 g/mol. The number of ether oxygens (including phenoxy) is 1. The van der Waals surface area contributed by atoms with Gasteiger partial charge in [-0.05, 0) is 37.5 Å². The second-order valence-corrected chi connectivity index (χ2v) is 5.93. The van der Waals surface area contributed by atoms with E-state index in [1.54, 1.807) is 0 Å². The molecule has 0 spiro atoms. The molecule has 0 bridgehead atoms. The Hall–Kier alpha value is -1.06. The molecule has 0 amide bonds. The minimum atomic E-state index is 0.285. The van der Waals surface area contributed by atoms with Crippen LogP contribution in [0, 0.1) is 0 Å². The van der Waals surface area contributed by atoms with Gasteiger partial charge >= 0.3 is 0 Å². The summed E-state index contributed by atoms with van der Waals surface area (Å²) in [4.78, 5) is 2.71. The molecule has 1 saturated carbocycles. The number of hydrogen-bond acceptors (Lipinski definition) is 3. The molecular weight excluding hydrogens is 248 g/mol. The molecule has 1 aliphatic heterocycles. The van der Waals surface area contributed by atoms with Crippen LogP contribution in [0.3, 0.4) is 0 Å². The minimum Gasteiger partial charge on any atom is -0.494 e. The highest BCUT2D eigenvalue weighted by Gasteiger charge is 2.41. The number of hydrogen-bond donors (Lipinski definition) is 1. The fourth-order valence-electron chi connectivity index (χ4n) is 3.87. The topological polar surface area (TPSA) is 24.5 Å². The fourth-order valence-corrected chi connectivity index (χ4v) is 3.87. The molecule has 0 radical (unpaired) electrons. The summed E-state index contributed by atoms with van der Waals surface area (Å²) in [6, 6.07) is 8.86. The molecule has 1 aromatic rings. The number of rotatable bonds is 4. The zero-order valence-corrected chi connectivity index (χ0v) is 12.5. The van der Waals surface area contributed by atoms with Crippen molar-refractivity contribution in [3.05, 3.63) is 29.8 Å². The van der Waals surface area contributed by atoms with E-state index in [1.807, 2.05) is 6.92 Å². The summed E-state index contributed by atoms with van der Waals surface area (Å²) in [7, 11) is 0. The third-order valence-electron chi connectivity index (χ3n) is 4.86. The fraction of sp³-hybridized carbons (Fsp3) is 0.647. The molecule has 3 rings (SSSR count). The van der Waals surface area contributed by atoms with Gasteiger partial charge < -0.3 is 10.1 Å². The smallest absolute Gasteiger partial charge is 0.119 e. The van der Waals surface area contributed by atoms with Crippen LogP contribution in [0.5, 0.6) is 5.75 Å². The number of piperazine rings is 1. The Labute approximate surface area is 122 Å². The van der Waals surface area contributed by atoms with E-state index in [9.17, 15) is 0 Å². The maximum absolute atomic E-state index is 5.58. The lowest BCUT2D eigenvalue weighted by atomic mass is 9.85. The first-order chi connectivity index (χ1) is 9.85. The maximum atomic E-state index is 5.58. The van der Waals surface area contributed by atoms with Gasteiger partial charge in [0.1, 0.15) is 5.75 Å². The van der Waals surface area contributed by atoms with Crippen molar-refractivity contribution in [2.45, 2.75) is 38.1 Å². The van der Waals surface area contributed by atoms with Gasteiger partial charge in [0.2, 0.25) is 0 Å². The second-order valence-electron chi connectivity index (χ2n) is 5.93. The maximum Gasteiger partial charge on any atom is 0.119 e. The van der Waals surface area contributed by atoms with E-state index in [-0.39, 0.29) is 5.54 Å². The molecule has 3 heteroatoms. The van der Waals surface area contributed by atoms with Gasteiger partial charge in [-0.25, -0.2) is 0 Å². The highest BCUT2D eigenvalue weighted by atomic mass is 16.5. The van der Waals surface area contributed by atoms with Crippen LogP contribution in [0.1, 0.15) is 38.2 Å². The summed E-state index contributed by atoms with van der Waals surface area (Å²) >= 11 is 0. The van der Waals surface area contributed by atoms with E-state index >= 15 is 0 Å². The predicted molar refractivity (Wildman–Crippen MR) is 82.2 cm³/mol. The molecule has 110 valence electrons. The van der Waals surface area contributed by atoms with Crippen LogP contribution in [-0.2, 0) is 5.54 Å². The first-order valence-electron chi connectivity index (χ1n) is 8.04. The van der Waals surface area contributed by atoms with E-state index in [0.717, 1.165) is 25.4 Å². The van der Waals surface area contributed by atoms with Crippen molar-refractivity contribution in [2.24, 2.45) is 0 Å². The number of nitrogens with one attached hydrogen (secondary N) is 1. The summed E-state index contributed by atoms with van der Waals surface area (Å²) in [6.07, 6.45) is 5.33. The number of benzene rings is 1. The monoisotopic (exact) mass is 274 g/mol. The summed E-state index contributed by atoms with van der Waals surface area (Å²) in [5.74, 6) is 0.990. The molecule has 2 aliphatic rings. The van der Waals surface area contributed by atoms with E-state index in [1.165, 1.54) is 44.3 Å². The minimum absolute atomic E-state index is 0.285. The highest BCUT2D eigenvalue weighted by Crippen LogP contribution is 2.44. The average Bonchev–Trinajstić information content (AvgIpc) is 3.00. The predicted octanol–water partition coefficient (Wildman–Crippen LogP) is 2.76. The van der Waals surface area contributed by atoms with Crippen LogP contribution >= 0.6 is 0 Å². The van der Waals surface area contributed by atoms with Crippen molar-refractivity contribution in [1.29, 1.82) is 0 Å². The van der Waals surface area contributed by atoms with Crippen LogP contribution < -0.4 is 10.1 Å². The molecule has 1 saturated heterocycles. The largest absolute Gasteiger partial charge is 0.494 e. The summed E-state index contributed by atoms with van der Waals surface area (Å²) in [5, 5.41) is 3.47. The van der Waals surface area contributed by atoms with Crippen molar-refractivity contribution >= 4 is 0 Å². The number of nitrogens with zero attached hydrogens (tertiary/aromatic N) is 1. The van der Waals surface area contributed by atoms with E-state index in [2.05, 4.69) is 34.5 Å². The Balaban J connectivity index is 1.85. The molecule has 0 aromatic heterocycles. The quantitative estimate of drug-likeness (QED) is 0.913. The molecule has 1 aliphatic carbocycles. The first-order valence-corrected chi connectivity index (χ1v) is 8.04. The van der Waals surface area contributed by atoms with Gasteiger partial charge in [-0.2, -0.15) is 0 Å². The Bertz CT molecular complexity index is 417. The lowest BCUT2D eigenvalue weighted by Crippen LogP contribution is -2.53. The van der Waals surface area contributed by atoms with Crippen LogP contribution in [0.15, 0.2) is 24.3 Å². The van der Waals surface area contributed by atoms with Gasteiger partial charge in [0.05, 0.1) is 6.61 Å². The molecule has 0 unspecified atom stereocenters. The molecule has 3 nitrogen and oxygen atoms in total. The van der Waals surface area contributed by atoms with Crippen molar-refractivity contribution in [2.75, 3.05) is 32.8 Å². The van der Waals surface area contributed by atoms with E-state index in [0.29, 0.717) is 0 Å². The Kier molecular flexibility index (Phi) is 4.27. The van der Waals surface area contributed by atoms with Crippen molar-refractivity contribution in [3.8, 4) is 5.75 Å². The zero-order chi connectivity index (χ0) is 13.8. The van der Waals surface area contributed by atoms with E-state index in [4.69, 9.17) is 4.74 Å². The Morgan fingerprint density at radius 1 is 1.10 bits per heavy atom. The standard InChI is InChI=1S/C17H26N2O/c1-2-20-16-7-5-15(6-8-16)17(9-3-4-10-17)19-13-11-18-12-14-19/h5-8,18H,2-4,9-14H2,1H3. The third-order valence-corrected chi connectivity index (χ3v) is 4.86. The van der Waals surface area contributed by atoms with Crippen molar-refractivity contribution in [3.63, 3.8) is 0 Å². The summed E-state index contributed by atoms with van der Waals surface area (Å²) < 4.78 is 5.58. The Morgan fingerprint density at radius 2 is 1.75 bits per heavy atom. The Morgan fingerprint density at radius 3 is 2.35 bits per heavy atom. The van der Waals surface area contributed by atoms with Gasteiger partial charge in [-0.15, -0.1) is 0 Å². The van der Waals surface area contributed by atoms with Gasteiger partial charge in [0.15, 0.2) is 0 Å². The highest BCUT2D eigenvalue weighted by molar-refractivity contribution is 5.33. The molecular formula is C17H26N2O. The van der Waals surface area contributed by atoms with Crippen LogP contribution in [0.2, 0.25) is 0 Å². The van der Waals surface area contributed by atoms with Crippen LogP contribution in [-0.4, -0.2) is 37.7 Å². The summed E-state index contributed by atoms with van der Waals surface area (Å²) in [5.41, 5.74) is 1.77. The first kappa shape index (κ1) is 13.9. The molecule has 20 heavy (non-hydrogen) atoms. The van der Waals surface area contributed by atoms with Crippen LogP contribution in [0.25, 0.3) is 0 Å². The lowest BCUT2D eigenvalue weighted by Gasteiger charge is -2.44. The lowest BCUT2D eigenvalue weighted by molar-refractivity contribution is 0.0757. The van der Waals surface area contributed by atoms with Gasteiger partial charge in [0, 0.05) is 31.7 Å². The zero-order valence-electron chi connectivity index (χ0n) is 12.5. The normalized spacial score (nSPS) is 22.9. The van der Waals surface area contributed by atoms with Gasteiger partial charge in [0.25, 0.3) is 0 Å². The summed E-state index contributed by atoms with van der Waals surface area (Å²) in [6.45, 7) is 7.37. The molecule has 2 fully saturated rings. The molecule has 1 N–H and O–H groups in total. The SMILES string of the molecule is CCOc1ccc(C2(N3CCNCC3)CCCC2)cc1. The molecule has 0 atom stereocenters. The third kappa shape index (κ3) is 2.57. The molecule has 1 aromatic carbocycles.